The van der Waals surface area contributed by atoms with Crippen molar-refractivity contribution in [3.05, 3.63) is 103 Å². The highest BCUT2D eigenvalue weighted by Gasteiger charge is 2.15. The fourth-order valence-electron chi connectivity index (χ4n) is 5.30. The normalized spacial score (nSPS) is 12.1. The molecule has 0 saturated carbocycles. The summed E-state index contributed by atoms with van der Waals surface area (Å²) in [5.41, 5.74) is 4.41. The summed E-state index contributed by atoms with van der Waals surface area (Å²) in [4.78, 5) is 4.88. The Morgan fingerprint density at radius 1 is 0.529 bits per heavy atom. The van der Waals surface area contributed by atoms with Crippen LogP contribution in [-0.4, -0.2) is 14.6 Å². The van der Waals surface area contributed by atoms with E-state index in [1.165, 1.54) is 32.3 Å². The van der Waals surface area contributed by atoms with Gasteiger partial charge in [0.15, 0.2) is 17.1 Å². The number of aromatic nitrogens is 3. The predicted octanol–water partition coefficient (Wildman–Crippen LogP) is 7.76. The van der Waals surface area contributed by atoms with E-state index in [2.05, 4.69) is 72.8 Å². The van der Waals surface area contributed by atoms with Crippen molar-refractivity contribution in [1.29, 1.82) is 0 Å². The zero-order valence-corrected chi connectivity index (χ0v) is 18.1. The van der Waals surface area contributed by atoms with Gasteiger partial charge < -0.3 is 4.42 Å². The van der Waals surface area contributed by atoms with Gasteiger partial charge in [0.05, 0.1) is 0 Å². The lowest BCUT2D eigenvalue weighted by Crippen LogP contribution is -1.89. The Balaban J connectivity index is 1.43. The first kappa shape index (κ1) is 17.8. The largest absolute Gasteiger partial charge is 0.454 e. The van der Waals surface area contributed by atoms with Crippen LogP contribution in [0, 0.1) is 0 Å². The number of para-hydroxylation sites is 1. The van der Waals surface area contributed by atoms with Gasteiger partial charge in [-0.1, -0.05) is 72.8 Å². The van der Waals surface area contributed by atoms with Crippen LogP contribution in [0.25, 0.3) is 71.4 Å². The third-order valence-corrected chi connectivity index (χ3v) is 6.83. The molecule has 0 aliphatic heterocycles. The number of rotatable bonds is 1. The van der Waals surface area contributed by atoms with Crippen LogP contribution in [0.1, 0.15) is 0 Å². The molecule has 0 fully saturated rings. The molecule has 8 rings (SSSR count). The summed E-state index contributed by atoms with van der Waals surface area (Å²) in [5.74, 6) is 0.705. The number of hydrogen-bond donors (Lipinski definition) is 0. The monoisotopic (exact) mass is 435 g/mol. The lowest BCUT2D eigenvalue weighted by atomic mass is 9.93. The van der Waals surface area contributed by atoms with Crippen LogP contribution in [0.2, 0.25) is 0 Å². The molecule has 4 nitrogen and oxygen atoms in total. The van der Waals surface area contributed by atoms with Gasteiger partial charge in [0.25, 0.3) is 0 Å². The van der Waals surface area contributed by atoms with E-state index in [1.54, 1.807) is 0 Å². The zero-order valence-electron chi connectivity index (χ0n) is 18.1. The van der Waals surface area contributed by atoms with Crippen molar-refractivity contribution in [3.8, 4) is 11.4 Å². The van der Waals surface area contributed by atoms with Gasteiger partial charge in [0.1, 0.15) is 11.1 Å². The fourth-order valence-corrected chi connectivity index (χ4v) is 5.30. The number of pyridine rings is 1. The Bertz CT molecular complexity index is 2050. The standard InChI is InChI=1S/C30H17N3O/c1-2-9-21-19(7-1)20-8-3-4-10-22(20)25-17-18(13-14-23(21)25)30-31-28-16-15-27-29(33(28)32-30)24-11-5-6-12-26(24)34-27/h1-17H. The van der Waals surface area contributed by atoms with Gasteiger partial charge >= 0.3 is 0 Å². The zero-order chi connectivity index (χ0) is 22.2. The lowest BCUT2D eigenvalue weighted by Gasteiger charge is -2.11. The molecule has 8 aromatic rings. The van der Waals surface area contributed by atoms with Gasteiger partial charge in [-0.25, -0.2) is 9.50 Å². The van der Waals surface area contributed by atoms with Crippen LogP contribution < -0.4 is 0 Å². The van der Waals surface area contributed by atoms with Gasteiger partial charge in [-0.3, -0.25) is 0 Å². The van der Waals surface area contributed by atoms with E-state index in [9.17, 15) is 0 Å². The van der Waals surface area contributed by atoms with E-state index in [-0.39, 0.29) is 0 Å². The molecule has 0 amide bonds. The maximum Gasteiger partial charge on any atom is 0.182 e. The third-order valence-electron chi connectivity index (χ3n) is 6.83. The van der Waals surface area contributed by atoms with Crippen molar-refractivity contribution in [2.45, 2.75) is 0 Å². The quantitative estimate of drug-likeness (QED) is 0.248. The molecule has 0 aliphatic rings. The minimum absolute atomic E-state index is 0.705. The SMILES string of the molecule is c1ccc2c(c1)oc1ccc3nc(-c4ccc5c6ccccc6c6ccccc6c5c4)nn3c12. The molecule has 158 valence electrons. The minimum Gasteiger partial charge on any atom is -0.454 e. The summed E-state index contributed by atoms with van der Waals surface area (Å²) in [6.07, 6.45) is 0. The highest BCUT2D eigenvalue weighted by atomic mass is 16.3. The number of nitrogens with zero attached hydrogens (tertiary/aromatic N) is 3. The summed E-state index contributed by atoms with van der Waals surface area (Å²) in [7, 11) is 0. The first-order valence-electron chi connectivity index (χ1n) is 11.4. The molecule has 0 spiro atoms. The smallest absolute Gasteiger partial charge is 0.182 e. The Morgan fingerprint density at radius 2 is 1.15 bits per heavy atom. The van der Waals surface area contributed by atoms with E-state index in [4.69, 9.17) is 14.5 Å². The molecule has 34 heavy (non-hydrogen) atoms. The van der Waals surface area contributed by atoms with E-state index in [0.717, 1.165) is 33.3 Å². The Kier molecular flexibility index (Phi) is 3.36. The van der Waals surface area contributed by atoms with Crippen LogP contribution in [0.3, 0.4) is 0 Å². The first-order chi connectivity index (χ1) is 16.8. The molecule has 0 aliphatic carbocycles. The molecular formula is C30H17N3O. The van der Waals surface area contributed by atoms with E-state index >= 15 is 0 Å². The average molecular weight is 435 g/mol. The van der Waals surface area contributed by atoms with Gasteiger partial charge in [-0.2, -0.15) is 0 Å². The van der Waals surface area contributed by atoms with Crippen molar-refractivity contribution in [1.82, 2.24) is 14.6 Å². The maximum atomic E-state index is 6.03. The summed E-state index contributed by atoms with van der Waals surface area (Å²) >= 11 is 0. The molecule has 0 atom stereocenters. The van der Waals surface area contributed by atoms with Crippen LogP contribution in [0.5, 0.6) is 0 Å². The Hall–Kier alpha value is -4.70. The molecule has 3 aromatic heterocycles. The first-order valence-corrected chi connectivity index (χ1v) is 11.4. The van der Waals surface area contributed by atoms with Crippen LogP contribution >= 0.6 is 0 Å². The third kappa shape index (κ3) is 2.32. The Labute approximate surface area is 193 Å². The second-order valence-corrected chi connectivity index (χ2v) is 8.70. The molecule has 0 radical (unpaired) electrons. The van der Waals surface area contributed by atoms with Gasteiger partial charge in [0.2, 0.25) is 0 Å². The van der Waals surface area contributed by atoms with Crippen LogP contribution in [0.4, 0.5) is 0 Å². The molecule has 0 N–H and O–H groups in total. The molecule has 5 aromatic carbocycles. The number of fused-ring (bicyclic) bond motifs is 11. The number of hydrogen-bond acceptors (Lipinski definition) is 3. The number of benzene rings is 5. The maximum absolute atomic E-state index is 6.03. The molecule has 4 heteroatoms. The number of furan rings is 1. The van der Waals surface area contributed by atoms with Crippen molar-refractivity contribution in [3.63, 3.8) is 0 Å². The summed E-state index contributed by atoms with van der Waals surface area (Å²) in [6.45, 7) is 0. The summed E-state index contributed by atoms with van der Waals surface area (Å²) in [5, 5.41) is 13.5. The molecule has 0 saturated heterocycles. The molecule has 3 heterocycles. The molecule has 0 bridgehead atoms. The topological polar surface area (TPSA) is 43.3 Å². The fraction of sp³-hybridized carbons (Fsp3) is 0. The Morgan fingerprint density at radius 3 is 1.88 bits per heavy atom. The molecular weight excluding hydrogens is 418 g/mol. The van der Waals surface area contributed by atoms with Gasteiger partial charge in [0, 0.05) is 10.9 Å². The van der Waals surface area contributed by atoms with Crippen LogP contribution in [-0.2, 0) is 0 Å². The average Bonchev–Trinajstić information content (AvgIpc) is 3.50. The highest BCUT2D eigenvalue weighted by Crippen LogP contribution is 2.37. The van der Waals surface area contributed by atoms with Crippen molar-refractivity contribution in [2.24, 2.45) is 0 Å². The van der Waals surface area contributed by atoms with E-state index in [1.807, 2.05) is 34.8 Å². The summed E-state index contributed by atoms with van der Waals surface area (Å²) in [6, 6.07) is 35.8. The van der Waals surface area contributed by atoms with Gasteiger partial charge in [-0.05, 0) is 62.6 Å². The molecule has 0 unspecified atom stereocenters. The lowest BCUT2D eigenvalue weighted by molar-refractivity contribution is 0.667. The predicted molar refractivity (Wildman–Crippen MR) is 138 cm³/mol. The van der Waals surface area contributed by atoms with Crippen molar-refractivity contribution in [2.75, 3.05) is 0 Å². The second-order valence-electron chi connectivity index (χ2n) is 8.70. The van der Waals surface area contributed by atoms with Crippen molar-refractivity contribution < 1.29 is 4.42 Å². The minimum atomic E-state index is 0.705. The van der Waals surface area contributed by atoms with E-state index < -0.39 is 0 Å². The van der Waals surface area contributed by atoms with E-state index in [0.29, 0.717) is 5.82 Å². The highest BCUT2D eigenvalue weighted by molar-refractivity contribution is 6.25. The van der Waals surface area contributed by atoms with Crippen LogP contribution in [0.15, 0.2) is 108 Å². The summed E-state index contributed by atoms with van der Waals surface area (Å²) < 4.78 is 7.94. The van der Waals surface area contributed by atoms with Crippen molar-refractivity contribution >= 4 is 60.0 Å². The second kappa shape index (κ2) is 6.42. The van der Waals surface area contributed by atoms with Gasteiger partial charge in [-0.15, -0.1) is 5.10 Å².